The van der Waals surface area contributed by atoms with Gasteiger partial charge in [0.05, 0.1) is 12.6 Å². The molecule has 0 bridgehead atoms. The Bertz CT molecular complexity index is 402. The van der Waals surface area contributed by atoms with E-state index < -0.39 is 0 Å². The third-order valence-corrected chi connectivity index (χ3v) is 3.96. The Hall–Kier alpha value is -0.980. The van der Waals surface area contributed by atoms with Crippen molar-refractivity contribution in [1.82, 2.24) is 15.6 Å². The topological polar surface area (TPSA) is 63.2 Å². The molecule has 0 spiro atoms. The number of nitrogens with one attached hydrogen (secondary N) is 2. The maximum absolute atomic E-state index is 12.0. The number of aromatic nitrogens is 1. The summed E-state index contributed by atoms with van der Waals surface area (Å²) < 4.78 is 5.43. The highest BCUT2D eigenvalue weighted by Gasteiger charge is 2.25. The van der Waals surface area contributed by atoms with Crippen LogP contribution in [-0.4, -0.2) is 36.7 Å². The van der Waals surface area contributed by atoms with Crippen molar-refractivity contribution in [3.8, 4) is 0 Å². The van der Waals surface area contributed by atoms with E-state index in [1.54, 1.807) is 11.3 Å². The summed E-state index contributed by atoms with van der Waals surface area (Å²) in [5.41, 5.74) is 0.998. The third kappa shape index (κ3) is 3.28. The fourth-order valence-electron chi connectivity index (χ4n) is 1.87. The van der Waals surface area contributed by atoms with Crippen LogP contribution in [0.3, 0.4) is 0 Å². The van der Waals surface area contributed by atoms with E-state index >= 15 is 0 Å². The molecule has 6 heteroatoms. The van der Waals surface area contributed by atoms with Crippen LogP contribution in [0.1, 0.15) is 30.1 Å². The van der Waals surface area contributed by atoms with Gasteiger partial charge in [0.1, 0.15) is 11.1 Å². The van der Waals surface area contributed by atoms with E-state index in [1.807, 2.05) is 19.2 Å². The zero-order chi connectivity index (χ0) is 13.0. The minimum Gasteiger partial charge on any atom is -0.366 e. The number of thiazole rings is 1. The average Bonchev–Trinajstić information content (AvgIpc) is 2.83. The molecule has 0 aromatic carbocycles. The van der Waals surface area contributed by atoms with Gasteiger partial charge in [-0.3, -0.25) is 4.79 Å². The molecular weight excluding hydrogens is 250 g/mol. The summed E-state index contributed by atoms with van der Waals surface area (Å²) in [5, 5.41) is 9.13. The Morgan fingerprint density at radius 3 is 3.17 bits per heavy atom. The van der Waals surface area contributed by atoms with Gasteiger partial charge in [0.2, 0.25) is 0 Å². The minimum absolute atomic E-state index is 0.0123. The van der Waals surface area contributed by atoms with Crippen molar-refractivity contribution >= 4 is 17.2 Å². The van der Waals surface area contributed by atoms with Crippen LogP contribution in [0.25, 0.3) is 0 Å². The van der Waals surface area contributed by atoms with E-state index in [1.165, 1.54) is 0 Å². The lowest BCUT2D eigenvalue weighted by atomic mass is 10.2. The first-order valence-corrected chi connectivity index (χ1v) is 7.13. The normalized spacial score (nSPS) is 21.6. The second-order valence-electron chi connectivity index (χ2n) is 4.36. The molecule has 1 saturated heterocycles. The van der Waals surface area contributed by atoms with E-state index in [0.717, 1.165) is 23.7 Å². The van der Waals surface area contributed by atoms with Gasteiger partial charge in [-0.05, 0) is 13.3 Å². The van der Waals surface area contributed by atoms with Crippen molar-refractivity contribution < 1.29 is 9.53 Å². The molecule has 0 saturated carbocycles. The molecule has 2 unspecified atom stereocenters. The van der Waals surface area contributed by atoms with E-state index in [0.29, 0.717) is 13.2 Å². The van der Waals surface area contributed by atoms with Crippen molar-refractivity contribution in [2.45, 2.75) is 32.4 Å². The number of rotatable bonds is 4. The first-order chi connectivity index (χ1) is 8.70. The quantitative estimate of drug-likeness (QED) is 0.856. The number of carbonyl (C=O) groups excluding carboxylic acids is 1. The van der Waals surface area contributed by atoms with Crippen molar-refractivity contribution in [2.24, 2.45) is 0 Å². The summed E-state index contributed by atoms with van der Waals surface area (Å²) in [7, 11) is 0. The van der Waals surface area contributed by atoms with Gasteiger partial charge in [0.15, 0.2) is 0 Å². The Kier molecular flexibility index (Phi) is 4.68. The first-order valence-electron chi connectivity index (χ1n) is 6.25. The molecule has 2 heterocycles. The Labute approximate surface area is 111 Å². The molecule has 1 aliphatic rings. The number of nitrogens with zero attached hydrogens (tertiary/aromatic N) is 1. The van der Waals surface area contributed by atoms with Gasteiger partial charge < -0.3 is 15.4 Å². The fourth-order valence-corrected chi connectivity index (χ4v) is 2.80. The molecule has 2 N–H and O–H groups in total. The third-order valence-electron chi connectivity index (χ3n) is 2.88. The number of ether oxygens (including phenoxy) is 1. The summed E-state index contributed by atoms with van der Waals surface area (Å²) in [6.07, 6.45) is 0.451. The number of hydrogen-bond acceptors (Lipinski definition) is 5. The summed E-state index contributed by atoms with van der Waals surface area (Å²) in [5.74, 6) is -0.0538. The second-order valence-corrected chi connectivity index (χ2v) is 5.25. The lowest BCUT2D eigenvalue weighted by Gasteiger charge is -2.24. The molecule has 1 aliphatic heterocycles. The number of carbonyl (C=O) groups is 1. The highest BCUT2D eigenvalue weighted by atomic mass is 32.1. The van der Waals surface area contributed by atoms with Crippen LogP contribution in [0.15, 0.2) is 5.38 Å². The molecule has 2 rings (SSSR count). The predicted octanol–water partition coefficient (Wildman–Crippen LogP) is 1.01. The van der Waals surface area contributed by atoms with E-state index in [-0.39, 0.29) is 18.1 Å². The van der Waals surface area contributed by atoms with Crippen LogP contribution in [0.5, 0.6) is 0 Å². The van der Waals surface area contributed by atoms with Gasteiger partial charge in [-0.2, -0.15) is 0 Å². The monoisotopic (exact) mass is 269 g/mol. The minimum atomic E-state index is -0.381. The molecule has 1 fully saturated rings. The molecule has 2 atom stereocenters. The fraction of sp³-hybridized carbons (Fsp3) is 0.667. The lowest BCUT2D eigenvalue weighted by Crippen LogP contribution is -2.48. The van der Waals surface area contributed by atoms with E-state index in [4.69, 9.17) is 4.74 Å². The van der Waals surface area contributed by atoms with Crippen molar-refractivity contribution in [1.29, 1.82) is 0 Å². The van der Waals surface area contributed by atoms with Gasteiger partial charge >= 0.3 is 0 Å². The molecule has 100 valence electrons. The van der Waals surface area contributed by atoms with Gasteiger partial charge in [-0.25, -0.2) is 4.98 Å². The Morgan fingerprint density at radius 2 is 2.61 bits per heavy atom. The molecule has 1 amide bonds. The number of amides is 1. The summed E-state index contributed by atoms with van der Waals surface area (Å²) >= 11 is 1.59. The average molecular weight is 269 g/mol. The lowest BCUT2D eigenvalue weighted by molar-refractivity contribution is -0.135. The largest absolute Gasteiger partial charge is 0.366 e. The van der Waals surface area contributed by atoms with Crippen molar-refractivity contribution in [3.05, 3.63) is 16.1 Å². The van der Waals surface area contributed by atoms with Crippen LogP contribution in [-0.2, 0) is 9.53 Å². The molecular formula is C12H19N3O2S. The highest BCUT2D eigenvalue weighted by Crippen LogP contribution is 2.21. The second kappa shape index (κ2) is 6.26. The Balaban J connectivity index is 1.95. The number of morpholine rings is 1. The van der Waals surface area contributed by atoms with Crippen LogP contribution in [0.2, 0.25) is 0 Å². The van der Waals surface area contributed by atoms with Crippen molar-refractivity contribution in [3.63, 3.8) is 0 Å². The molecule has 1 aromatic heterocycles. The molecule has 5 nitrogen and oxygen atoms in total. The van der Waals surface area contributed by atoms with Crippen LogP contribution >= 0.6 is 11.3 Å². The first kappa shape index (κ1) is 13.5. The van der Waals surface area contributed by atoms with Crippen molar-refractivity contribution in [2.75, 3.05) is 19.7 Å². The number of aryl methyl sites for hydroxylation is 1. The molecule has 0 aliphatic carbocycles. The number of hydrogen-bond donors (Lipinski definition) is 2. The zero-order valence-electron chi connectivity index (χ0n) is 10.7. The molecule has 0 radical (unpaired) electrons. The SMILES string of the molecule is CCC(NC(=O)C1CNCCO1)c1nc(C)cs1. The van der Waals surface area contributed by atoms with Gasteiger partial charge in [-0.1, -0.05) is 6.92 Å². The summed E-state index contributed by atoms with van der Waals surface area (Å²) in [6, 6.07) is -0.0123. The van der Waals surface area contributed by atoms with Gasteiger partial charge in [0, 0.05) is 24.2 Å². The molecule has 18 heavy (non-hydrogen) atoms. The maximum Gasteiger partial charge on any atom is 0.251 e. The maximum atomic E-state index is 12.0. The summed E-state index contributed by atoms with van der Waals surface area (Å²) in [6.45, 7) is 5.99. The highest BCUT2D eigenvalue weighted by molar-refractivity contribution is 7.09. The molecule has 1 aromatic rings. The van der Waals surface area contributed by atoms with E-state index in [9.17, 15) is 4.79 Å². The van der Waals surface area contributed by atoms with E-state index in [2.05, 4.69) is 15.6 Å². The standard InChI is InChI=1S/C12H19N3O2S/c1-3-9(12-14-8(2)7-18-12)15-11(16)10-6-13-4-5-17-10/h7,9-10,13H,3-6H2,1-2H3,(H,15,16). The van der Waals surface area contributed by atoms with Gasteiger partial charge in [-0.15, -0.1) is 11.3 Å². The van der Waals surface area contributed by atoms with Crippen LogP contribution < -0.4 is 10.6 Å². The van der Waals surface area contributed by atoms with Gasteiger partial charge in [0.25, 0.3) is 5.91 Å². The van der Waals surface area contributed by atoms with Crippen LogP contribution in [0.4, 0.5) is 0 Å². The Morgan fingerprint density at radius 1 is 1.78 bits per heavy atom. The predicted molar refractivity (Wildman–Crippen MR) is 70.6 cm³/mol. The zero-order valence-corrected chi connectivity index (χ0v) is 11.5. The smallest absolute Gasteiger partial charge is 0.251 e. The van der Waals surface area contributed by atoms with Crippen LogP contribution in [0, 0.1) is 6.92 Å². The summed E-state index contributed by atoms with van der Waals surface area (Å²) in [4.78, 5) is 16.5.